The third-order valence-electron chi connectivity index (χ3n) is 6.37. The molecule has 3 heterocycles. The molecule has 6 heteroatoms. The van der Waals surface area contributed by atoms with E-state index in [1.54, 1.807) is 0 Å². The molecule has 5 rings (SSSR count). The van der Waals surface area contributed by atoms with Gasteiger partial charge in [0.2, 0.25) is 0 Å². The summed E-state index contributed by atoms with van der Waals surface area (Å²) in [5.74, 6) is 1.09. The maximum absolute atomic E-state index is 9.19. The van der Waals surface area contributed by atoms with E-state index in [0.717, 1.165) is 54.9 Å². The molecule has 1 N–H and O–H groups in total. The van der Waals surface area contributed by atoms with Crippen molar-refractivity contribution in [3.05, 3.63) is 59.5 Å². The number of aromatic nitrogens is 4. The largest absolute Gasteiger partial charge is 0.379 e. The maximum atomic E-state index is 9.19. The quantitative estimate of drug-likeness (QED) is 0.534. The molecule has 0 atom stereocenters. The molecule has 6 nitrogen and oxygen atoms in total. The van der Waals surface area contributed by atoms with E-state index < -0.39 is 0 Å². The van der Waals surface area contributed by atoms with Gasteiger partial charge in [-0.25, -0.2) is 0 Å². The van der Waals surface area contributed by atoms with E-state index in [-0.39, 0.29) is 5.92 Å². The van der Waals surface area contributed by atoms with Crippen LogP contribution in [0.5, 0.6) is 0 Å². The summed E-state index contributed by atoms with van der Waals surface area (Å²) < 4.78 is 4.52. The van der Waals surface area contributed by atoms with Crippen LogP contribution in [-0.2, 0) is 6.54 Å². The third kappa shape index (κ3) is 3.21. The van der Waals surface area contributed by atoms with Gasteiger partial charge in [-0.15, -0.1) is 10.2 Å². The Labute approximate surface area is 176 Å². The first-order valence-corrected chi connectivity index (χ1v) is 10.7. The number of nitriles is 1. The summed E-state index contributed by atoms with van der Waals surface area (Å²) in [6.07, 6.45) is 3.95. The number of pyridine rings is 1. The van der Waals surface area contributed by atoms with Crippen molar-refractivity contribution >= 4 is 22.4 Å². The fraction of sp³-hybridized carbons (Fsp3) is 0.375. The molecule has 0 aliphatic heterocycles. The van der Waals surface area contributed by atoms with Gasteiger partial charge in [0.1, 0.15) is 5.82 Å². The fourth-order valence-corrected chi connectivity index (χ4v) is 4.70. The lowest BCUT2D eigenvalue weighted by atomic mass is 9.87. The first-order chi connectivity index (χ1) is 14.6. The van der Waals surface area contributed by atoms with Gasteiger partial charge in [0.15, 0.2) is 5.65 Å². The van der Waals surface area contributed by atoms with Crippen molar-refractivity contribution in [2.75, 3.05) is 5.32 Å². The topological polar surface area (TPSA) is 70.9 Å². The van der Waals surface area contributed by atoms with Gasteiger partial charge in [-0.2, -0.15) is 5.26 Å². The van der Waals surface area contributed by atoms with Crippen molar-refractivity contribution in [2.45, 2.75) is 52.1 Å². The van der Waals surface area contributed by atoms with E-state index >= 15 is 0 Å². The van der Waals surface area contributed by atoms with E-state index in [1.165, 1.54) is 16.8 Å². The second kappa shape index (κ2) is 7.49. The molecule has 1 aliphatic carbocycles. The molecule has 0 spiro atoms. The summed E-state index contributed by atoms with van der Waals surface area (Å²) in [6.45, 7) is 4.99. The van der Waals surface area contributed by atoms with Gasteiger partial charge < -0.3 is 9.88 Å². The Morgan fingerprint density at radius 3 is 2.53 bits per heavy atom. The summed E-state index contributed by atoms with van der Waals surface area (Å²) in [5.41, 5.74) is 6.72. The number of hydrogen-bond donors (Lipinski definition) is 1. The minimum atomic E-state index is 0.201. The van der Waals surface area contributed by atoms with Gasteiger partial charge in [0.25, 0.3) is 0 Å². The average Bonchev–Trinajstić information content (AvgIpc) is 3.30. The maximum Gasteiger partial charge on any atom is 0.184 e. The van der Waals surface area contributed by atoms with E-state index in [4.69, 9.17) is 0 Å². The molecule has 0 saturated heterocycles. The minimum absolute atomic E-state index is 0.201. The first kappa shape index (κ1) is 18.7. The number of nitrogens with one attached hydrogen (secondary N) is 1. The van der Waals surface area contributed by atoms with Crippen LogP contribution in [0.3, 0.4) is 0 Å². The van der Waals surface area contributed by atoms with Crippen LogP contribution in [0.2, 0.25) is 0 Å². The zero-order valence-electron chi connectivity index (χ0n) is 17.5. The molecule has 30 heavy (non-hydrogen) atoms. The predicted molar refractivity (Wildman–Crippen MR) is 118 cm³/mol. The lowest BCUT2D eigenvalue weighted by Crippen LogP contribution is -2.26. The summed E-state index contributed by atoms with van der Waals surface area (Å²) in [4.78, 5) is 0. The van der Waals surface area contributed by atoms with Crippen LogP contribution in [0.25, 0.3) is 16.7 Å². The minimum Gasteiger partial charge on any atom is -0.379 e. The monoisotopic (exact) mass is 398 g/mol. The summed E-state index contributed by atoms with van der Waals surface area (Å²) in [7, 11) is 0. The molecule has 4 aromatic rings. The smallest absolute Gasteiger partial charge is 0.184 e. The lowest BCUT2D eigenvalue weighted by Gasteiger charge is -2.26. The van der Waals surface area contributed by atoms with Gasteiger partial charge in [-0.05, 0) is 57.2 Å². The van der Waals surface area contributed by atoms with Crippen LogP contribution in [0.15, 0.2) is 42.5 Å². The molecular weight excluding hydrogens is 372 g/mol. The lowest BCUT2D eigenvalue weighted by molar-refractivity contribution is 0.397. The molecule has 1 aromatic carbocycles. The molecule has 3 aromatic heterocycles. The number of benzene rings is 1. The van der Waals surface area contributed by atoms with E-state index in [1.807, 2.05) is 6.92 Å². The van der Waals surface area contributed by atoms with E-state index in [9.17, 15) is 5.26 Å². The normalized spacial score (nSPS) is 19.2. The van der Waals surface area contributed by atoms with Gasteiger partial charge in [0.05, 0.1) is 22.8 Å². The molecule has 152 valence electrons. The Morgan fingerprint density at radius 2 is 1.80 bits per heavy atom. The Hall–Kier alpha value is -3.33. The standard InChI is InChI=1S/C24H26N6/c1-16-12-23-22(29(16)15-19-6-4-3-5-7-19)13-21(24-28-27-17(2)30(23)24)26-20-10-8-18(14-25)9-11-20/h3-7,12-13,18,20,26H,8-11,15H2,1-2H3. The van der Waals surface area contributed by atoms with E-state index in [2.05, 4.69) is 79.9 Å². The van der Waals surface area contributed by atoms with Crippen LogP contribution in [0.4, 0.5) is 5.69 Å². The van der Waals surface area contributed by atoms with E-state index in [0.29, 0.717) is 6.04 Å². The number of fused-ring (bicyclic) bond motifs is 3. The molecule has 1 aliphatic rings. The zero-order chi connectivity index (χ0) is 20.7. The van der Waals surface area contributed by atoms with Gasteiger partial charge in [0, 0.05) is 24.2 Å². The average molecular weight is 399 g/mol. The zero-order valence-corrected chi connectivity index (χ0v) is 17.5. The molecule has 0 bridgehead atoms. The molecule has 1 fully saturated rings. The molecule has 0 unspecified atom stereocenters. The predicted octanol–water partition coefficient (Wildman–Crippen LogP) is 4.84. The van der Waals surface area contributed by atoms with Crippen molar-refractivity contribution < 1.29 is 0 Å². The summed E-state index contributed by atoms with van der Waals surface area (Å²) in [6, 6.07) is 17.8. The third-order valence-corrected chi connectivity index (χ3v) is 6.37. The SMILES string of the molecule is Cc1cc2c(cc(NC3CCC(C#N)CC3)c3nnc(C)n32)n1Cc1ccccc1. The molecular formula is C24H26N6. The highest BCUT2D eigenvalue weighted by atomic mass is 15.3. The fourth-order valence-electron chi connectivity index (χ4n) is 4.70. The van der Waals surface area contributed by atoms with Crippen LogP contribution in [0.1, 0.15) is 42.8 Å². The summed E-state index contributed by atoms with van der Waals surface area (Å²) in [5, 5.41) is 21.8. The number of aryl methyl sites for hydroxylation is 2. The Balaban J connectivity index is 1.58. The van der Waals surface area contributed by atoms with Crippen LogP contribution in [-0.4, -0.2) is 25.2 Å². The molecule has 0 amide bonds. The highest BCUT2D eigenvalue weighted by Gasteiger charge is 2.23. The van der Waals surface area contributed by atoms with Crippen molar-refractivity contribution in [2.24, 2.45) is 5.92 Å². The van der Waals surface area contributed by atoms with Crippen LogP contribution < -0.4 is 5.32 Å². The van der Waals surface area contributed by atoms with Gasteiger partial charge in [-0.1, -0.05) is 30.3 Å². The second-order valence-corrected chi connectivity index (χ2v) is 8.41. The van der Waals surface area contributed by atoms with Crippen LogP contribution >= 0.6 is 0 Å². The Kier molecular flexibility index (Phi) is 4.66. The summed E-state index contributed by atoms with van der Waals surface area (Å²) >= 11 is 0. The number of rotatable bonds is 4. The Bertz CT molecular complexity index is 1240. The van der Waals surface area contributed by atoms with Crippen LogP contribution in [0, 0.1) is 31.1 Å². The number of nitrogens with zero attached hydrogens (tertiary/aromatic N) is 5. The van der Waals surface area contributed by atoms with Crippen molar-refractivity contribution in [1.82, 2.24) is 19.2 Å². The molecule has 0 radical (unpaired) electrons. The molecule has 1 saturated carbocycles. The second-order valence-electron chi connectivity index (χ2n) is 8.41. The Morgan fingerprint density at radius 1 is 1.03 bits per heavy atom. The first-order valence-electron chi connectivity index (χ1n) is 10.7. The van der Waals surface area contributed by atoms with Crippen molar-refractivity contribution in [3.8, 4) is 6.07 Å². The van der Waals surface area contributed by atoms with Gasteiger partial charge >= 0.3 is 0 Å². The highest BCUT2D eigenvalue weighted by molar-refractivity contribution is 5.88. The number of anilines is 1. The van der Waals surface area contributed by atoms with Crippen molar-refractivity contribution in [3.63, 3.8) is 0 Å². The van der Waals surface area contributed by atoms with Crippen molar-refractivity contribution in [1.29, 1.82) is 5.26 Å². The number of hydrogen-bond acceptors (Lipinski definition) is 4. The van der Waals surface area contributed by atoms with Gasteiger partial charge in [-0.3, -0.25) is 4.40 Å². The highest BCUT2D eigenvalue weighted by Crippen LogP contribution is 2.31.